The van der Waals surface area contributed by atoms with Crippen molar-refractivity contribution in [1.29, 1.82) is 0 Å². The Labute approximate surface area is 107 Å². The predicted molar refractivity (Wildman–Crippen MR) is 71.0 cm³/mol. The normalized spacial score (nSPS) is 10.4. The first-order valence-electron chi connectivity index (χ1n) is 5.01. The van der Waals surface area contributed by atoms with Crippen molar-refractivity contribution in [1.82, 2.24) is 9.97 Å². The van der Waals surface area contributed by atoms with Crippen LogP contribution in [0.5, 0.6) is 0 Å². The molecule has 0 bridgehead atoms. The number of hydrogen-bond donors (Lipinski definition) is 1. The van der Waals surface area contributed by atoms with Gasteiger partial charge in [-0.1, -0.05) is 0 Å². The third-order valence-electron chi connectivity index (χ3n) is 2.06. The molecule has 0 unspecified atom stereocenters. The highest BCUT2D eigenvalue weighted by molar-refractivity contribution is 9.11. The molecule has 0 aliphatic rings. The lowest BCUT2D eigenvalue weighted by Crippen LogP contribution is -2.06. The van der Waals surface area contributed by atoms with Crippen LogP contribution in [0.1, 0.15) is 10.4 Å². The smallest absolute Gasteiger partial charge is 0.222 e. The molecule has 2 aromatic rings. The van der Waals surface area contributed by atoms with Crippen LogP contribution in [0, 0.1) is 6.92 Å². The van der Waals surface area contributed by atoms with Crippen molar-refractivity contribution in [2.45, 2.75) is 13.3 Å². The molecule has 2 heterocycles. The summed E-state index contributed by atoms with van der Waals surface area (Å²) >= 11 is 5.21. The fourth-order valence-corrected chi connectivity index (χ4v) is 2.75. The lowest BCUT2D eigenvalue weighted by Gasteiger charge is -2.02. The quantitative estimate of drug-likeness (QED) is 0.941. The number of halogens is 1. The largest absolute Gasteiger partial charge is 0.354 e. The molecule has 0 aliphatic carbocycles. The predicted octanol–water partition coefficient (Wildman–Crippen LogP) is 3.26. The van der Waals surface area contributed by atoms with Crippen LogP contribution in [0.15, 0.2) is 28.3 Å². The maximum Gasteiger partial charge on any atom is 0.222 e. The monoisotopic (exact) mass is 297 g/mol. The fourth-order valence-electron chi connectivity index (χ4n) is 1.27. The molecule has 0 radical (unpaired) electrons. The van der Waals surface area contributed by atoms with Crippen molar-refractivity contribution in [3.05, 3.63) is 38.8 Å². The third-order valence-corrected chi connectivity index (χ3v) is 3.75. The number of anilines is 1. The highest BCUT2D eigenvalue weighted by atomic mass is 79.9. The molecule has 1 N–H and O–H groups in total. The molecule has 0 aliphatic heterocycles. The number of nitrogens with one attached hydrogen (secondary N) is 1. The molecule has 16 heavy (non-hydrogen) atoms. The van der Waals surface area contributed by atoms with E-state index in [-0.39, 0.29) is 0 Å². The van der Waals surface area contributed by atoms with Gasteiger partial charge >= 0.3 is 0 Å². The summed E-state index contributed by atoms with van der Waals surface area (Å²) in [4.78, 5) is 9.73. The number of thiophene rings is 1. The van der Waals surface area contributed by atoms with E-state index < -0.39 is 0 Å². The van der Waals surface area contributed by atoms with Gasteiger partial charge in [0.1, 0.15) is 0 Å². The molecule has 0 spiro atoms. The van der Waals surface area contributed by atoms with E-state index in [1.54, 1.807) is 11.3 Å². The Morgan fingerprint density at radius 2 is 2.06 bits per heavy atom. The van der Waals surface area contributed by atoms with Crippen molar-refractivity contribution in [2.24, 2.45) is 0 Å². The van der Waals surface area contributed by atoms with Crippen LogP contribution in [0.25, 0.3) is 0 Å². The highest BCUT2D eigenvalue weighted by Gasteiger charge is 1.98. The lowest BCUT2D eigenvalue weighted by atomic mass is 10.3. The van der Waals surface area contributed by atoms with Gasteiger partial charge in [0, 0.05) is 23.8 Å². The first-order chi connectivity index (χ1) is 7.74. The SMILES string of the molecule is Cc1cnc(NCCc2ccc(Br)s2)nc1. The summed E-state index contributed by atoms with van der Waals surface area (Å²) < 4.78 is 1.18. The highest BCUT2D eigenvalue weighted by Crippen LogP contribution is 2.22. The van der Waals surface area contributed by atoms with E-state index in [2.05, 4.69) is 43.3 Å². The van der Waals surface area contributed by atoms with Crippen molar-refractivity contribution >= 4 is 33.2 Å². The third kappa shape index (κ3) is 3.28. The summed E-state index contributed by atoms with van der Waals surface area (Å²) in [7, 11) is 0. The van der Waals surface area contributed by atoms with Gasteiger partial charge in [-0.15, -0.1) is 11.3 Å². The Hall–Kier alpha value is -0.940. The average molecular weight is 298 g/mol. The number of nitrogens with zero attached hydrogens (tertiary/aromatic N) is 2. The van der Waals surface area contributed by atoms with Gasteiger partial charge in [-0.25, -0.2) is 9.97 Å². The number of aryl methyl sites for hydroxylation is 1. The molecule has 84 valence electrons. The molecule has 0 saturated carbocycles. The van der Waals surface area contributed by atoms with Crippen LogP contribution in [-0.4, -0.2) is 16.5 Å². The van der Waals surface area contributed by atoms with E-state index in [1.165, 1.54) is 8.66 Å². The number of rotatable bonds is 4. The second kappa shape index (κ2) is 5.41. The summed E-state index contributed by atoms with van der Waals surface area (Å²) in [5.41, 5.74) is 1.08. The Morgan fingerprint density at radius 1 is 1.31 bits per heavy atom. The van der Waals surface area contributed by atoms with Crippen molar-refractivity contribution in [3.8, 4) is 0 Å². The van der Waals surface area contributed by atoms with E-state index in [1.807, 2.05) is 19.3 Å². The van der Waals surface area contributed by atoms with Gasteiger partial charge in [-0.05, 0) is 47.0 Å². The van der Waals surface area contributed by atoms with Gasteiger partial charge in [0.2, 0.25) is 5.95 Å². The van der Waals surface area contributed by atoms with Crippen LogP contribution < -0.4 is 5.32 Å². The Morgan fingerprint density at radius 3 is 2.69 bits per heavy atom. The molecule has 3 nitrogen and oxygen atoms in total. The second-order valence-electron chi connectivity index (χ2n) is 3.47. The molecule has 2 rings (SSSR count). The van der Waals surface area contributed by atoms with Crippen LogP contribution in [0.4, 0.5) is 5.95 Å². The topological polar surface area (TPSA) is 37.8 Å². The summed E-state index contributed by atoms with van der Waals surface area (Å²) in [6, 6.07) is 4.20. The van der Waals surface area contributed by atoms with E-state index in [0.29, 0.717) is 5.95 Å². The summed E-state index contributed by atoms with van der Waals surface area (Å²) in [5, 5.41) is 3.20. The molecular weight excluding hydrogens is 286 g/mol. The maximum atomic E-state index is 4.19. The Kier molecular flexibility index (Phi) is 3.90. The molecule has 0 amide bonds. The summed E-state index contributed by atoms with van der Waals surface area (Å²) in [5.74, 6) is 0.696. The number of hydrogen-bond acceptors (Lipinski definition) is 4. The zero-order chi connectivity index (χ0) is 11.4. The van der Waals surface area contributed by atoms with E-state index in [9.17, 15) is 0 Å². The zero-order valence-electron chi connectivity index (χ0n) is 8.90. The minimum atomic E-state index is 0.696. The lowest BCUT2D eigenvalue weighted by molar-refractivity contribution is 0.995. The first kappa shape index (κ1) is 11.5. The second-order valence-corrected chi connectivity index (χ2v) is 6.01. The van der Waals surface area contributed by atoms with Crippen LogP contribution in [0.2, 0.25) is 0 Å². The molecule has 0 atom stereocenters. The summed E-state index contributed by atoms with van der Waals surface area (Å²) in [6.07, 6.45) is 4.63. The van der Waals surface area contributed by atoms with Crippen molar-refractivity contribution < 1.29 is 0 Å². The minimum Gasteiger partial charge on any atom is -0.354 e. The van der Waals surface area contributed by atoms with Crippen LogP contribution >= 0.6 is 27.3 Å². The van der Waals surface area contributed by atoms with Gasteiger partial charge in [0.15, 0.2) is 0 Å². The standard InChI is InChI=1S/C11H12BrN3S/c1-8-6-14-11(15-7-8)13-5-4-9-2-3-10(12)16-9/h2-3,6-7H,4-5H2,1H3,(H,13,14,15). The molecule has 2 aromatic heterocycles. The van der Waals surface area contributed by atoms with Gasteiger partial charge in [-0.2, -0.15) is 0 Å². The fraction of sp³-hybridized carbons (Fsp3) is 0.273. The number of aromatic nitrogens is 2. The van der Waals surface area contributed by atoms with Crippen LogP contribution in [0.3, 0.4) is 0 Å². The molecule has 0 aromatic carbocycles. The van der Waals surface area contributed by atoms with E-state index in [0.717, 1.165) is 18.5 Å². The van der Waals surface area contributed by atoms with E-state index in [4.69, 9.17) is 0 Å². The molecule has 5 heteroatoms. The van der Waals surface area contributed by atoms with Crippen molar-refractivity contribution in [2.75, 3.05) is 11.9 Å². The maximum absolute atomic E-state index is 4.19. The minimum absolute atomic E-state index is 0.696. The van der Waals surface area contributed by atoms with Gasteiger partial charge < -0.3 is 5.32 Å². The summed E-state index contributed by atoms with van der Waals surface area (Å²) in [6.45, 7) is 2.84. The zero-order valence-corrected chi connectivity index (χ0v) is 11.3. The molecule has 0 fully saturated rings. The average Bonchev–Trinajstić information content (AvgIpc) is 2.67. The molecular formula is C11H12BrN3S. The van der Waals surface area contributed by atoms with Crippen molar-refractivity contribution in [3.63, 3.8) is 0 Å². The molecule has 0 saturated heterocycles. The first-order valence-corrected chi connectivity index (χ1v) is 6.62. The van der Waals surface area contributed by atoms with Gasteiger partial charge in [0.25, 0.3) is 0 Å². The van der Waals surface area contributed by atoms with Gasteiger partial charge in [-0.3, -0.25) is 0 Å². The van der Waals surface area contributed by atoms with E-state index >= 15 is 0 Å². The van der Waals surface area contributed by atoms with Crippen LogP contribution in [-0.2, 0) is 6.42 Å². The Balaban J connectivity index is 1.82. The Bertz CT molecular complexity index is 453. The van der Waals surface area contributed by atoms with Gasteiger partial charge in [0.05, 0.1) is 3.79 Å².